The number of nitrogens with zero attached hydrogens (tertiary/aromatic N) is 3. The van der Waals surface area contributed by atoms with Gasteiger partial charge >= 0.3 is 0 Å². The minimum Gasteiger partial charge on any atom is -0.481 e. The first kappa shape index (κ1) is 15.3. The normalized spacial score (nSPS) is 10.7. The Morgan fingerprint density at radius 2 is 2.24 bits per heavy atom. The fourth-order valence-corrected chi connectivity index (χ4v) is 2.01. The summed E-state index contributed by atoms with van der Waals surface area (Å²) >= 11 is 6.09. The van der Waals surface area contributed by atoms with E-state index < -0.39 is 0 Å². The summed E-state index contributed by atoms with van der Waals surface area (Å²) in [5, 5.41) is 7.34. The summed E-state index contributed by atoms with van der Waals surface area (Å²) in [6.07, 6.45) is 3.22. The average molecular weight is 309 g/mol. The molecule has 1 N–H and O–H groups in total. The molecule has 0 bridgehead atoms. The highest BCUT2D eigenvalue weighted by Crippen LogP contribution is 2.18. The van der Waals surface area contributed by atoms with Gasteiger partial charge in [-0.2, -0.15) is 5.10 Å². The molecule has 0 radical (unpaired) electrons. The lowest BCUT2D eigenvalue weighted by atomic mass is 10.2. The van der Waals surface area contributed by atoms with Gasteiger partial charge in [0.25, 0.3) is 5.56 Å². The van der Waals surface area contributed by atoms with Crippen molar-refractivity contribution in [3.63, 3.8) is 0 Å². The van der Waals surface area contributed by atoms with Crippen molar-refractivity contribution in [3.8, 4) is 5.88 Å². The monoisotopic (exact) mass is 308 g/mol. The van der Waals surface area contributed by atoms with E-state index in [4.69, 9.17) is 16.3 Å². The smallest absolute Gasteiger partial charge is 0.287 e. The highest BCUT2D eigenvalue weighted by Gasteiger charge is 2.11. The van der Waals surface area contributed by atoms with Crippen LogP contribution in [-0.4, -0.2) is 21.9 Å². The second-order valence-electron chi connectivity index (χ2n) is 4.78. The minimum atomic E-state index is -0.302. The third-order valence-corrected chi connectivity index (χ3v) is 3.29. The largest absolute Gasteiger partial charge is 0.481 e. The maximum atomic E-state index is 12.0. The van der Waals surface area contributed by atoms with E-state index in [1.54, 1.807) is 19.5 Å². The van der Waals surface area contributed by atoms with Crippen LogP contribution in [0.15, 0.2) is 29.3 Å². The lowest BCUT2D eigenvalue weighted by Crippen LogP contribution is -2.25. The van der Waals surface area contributed by atoms with Crippen LogP contribution in [0.3, 0.4) is 0 Å². The molecule has 2 rings (SSSR count). The molecule has 0 spiro atoms. The fourth-order valence-electron chi connectivity index (χ4n) is 1.81. The molecular formula is C14H17ClN4O2. The molecule has 0 unspecified atom stereocenters. The summed E-state index contributed by atoms with van der Waals surface area (Å²) in [6, 6.07) is 3.63. The van der Waals surface area contributed by atoms with Crippen LogP contribution < -0.4 is 15.6 Å². The van der Waals surface area contributed by atoms with Crippen LogP contribution in [0.4, 0.5) is 5.69 Å². The van der Waals surface area contributed by atoms with Crippen molar-refractivity contribution < 1.29 is 4.74 Å². The van der Waals surface area contributed by atoms with Crippen molar-refractivity contribution in [2.24, 2.45) is 0 Å². The Balaban J connectivity index is 2.17. The Morgan fingerprint density at radius 3 is 2.90 bits per heavy atom. The molecule has 0 aliphatic carbocycles. The van der Waals surface area contributed by atoms with Gasteiger partial charge in [0, 0.05) is 18.8 Å². The van der Waals surface area contributed by atoms with Crippen molar-refractivity contribution in [1.29, 1.82) is 0 Å². The third-order valence-electron chi connectivity index (χ3n) is 2.92. The number of anilines is 1. The van der Waals surface area contributed by atoms with Crippen LogP contribution in [0.25, 0.3) is 0 Å². The van der Waals surface area contributed by atoms with Gasteiger partial charge in [0.2, 0.25) is 5.88 Å². The van der Waals surface area contributed by atoms with Gasteiger partial charge in [-0.15, -0.1) is 0 Å². The van der Waals surface area contributed by atoms with Gasteiger partial charge in [0.1, 0.15) is 5.02 Å². The molecule has 21 heavy (non-hydrogen) atoms. The SMILES string of the molecule is COc1cc(CNc2cnn(C(C)C)c(=O)c2Cl)ccn1. The summed E-state index contributed by atoms with van der Waals surface area (Å²) in [6.45, 7) is 4.24. The van der Waals surface area contributed by atoms with E-state index in [1.165, 1.54) is 4.68 Å². The van der Waals surface area contributed by atoms with Gasteiger partial charge in [0.15, 0.2) is 0 Å². The molecule has 0 saturated heterocycles. The highest BCUT2D eigenvalue weighted by atomic mass is 35.5. The van der Waals surface area contributed by atoms with Crippen molar-refractivity contribution in [1.82, 2.24) is 14.8 Å². The predicted octanol–water partition coefficient (Wildman–Crippen LogP) is 2.49. The van der Waals surface area contributed by atoms with E-state index in [-0.39, 0.29) is 16.6 Å². The first-order chi connectivity index (χ1) is 10.0. The Morgan fingerprint density at radius 1 is 1.48 bits per heavy atom. The Kier molecular flexibility index (Phi) is 4.80. The van der Waals surface area contributed by atoms with Crippen molar-refractivity contribution in [2.75, 3.05) is 12.4 Å². The summed E-state index contributed by atoms with van der Waals surface area (Å²) in [7, 11) is 1.56. The quantitative estimate of drug-likeness (QED) is 0.919. The number of ether oxygens (including phenoxy) is 1. The molecule has 7 heteroatoms. The van der Waals surface area contributed by atoms with Gasteiger partial charge < -0.3 is 10.1 Å². The number of aromatic nitrogens is 3. The maximum absolute atomic E-state index is 12.0. The van der Waals surface area contributed by atoms with Crippen molar-refractivity contribution in [3.05, 3.63) is 45.5 Å². The first-order valence-electron chi connectivity index (χ1n) is 6.53. The first-order valence-corrected chi connectivity index (χ1v) is 6.91. The molecule has 0 aromatic carbocycles. The van der Waals surface area contributed by atoms with E-state index in [0.29, 0.717) is 18.1 Å². The van der Waals surface area contributed by atoms with Gasteiger partial charge in [-0.25, -0.2) is 9.67 Å². The van der Waals surface area contributed by atoms with Crippen LogP contribution in [0, 0.1) is 0 Å². The molecule has 2 heterocycles. The number of halogens is 1. The third kappa shape index (κ3) is 3.52. The molecule has 2 aromatic rings. The molecule has 0 saturated carbocycles. The minimum absolute atomic E-state index is 0.0338. The number of pyridine rings is 1. The highest BCUT2D eigenvalue weighted by molar-refractivity contribution is 6.32. The van der Waals surface area contributed by atoms with Crippen LogP contribution in [-0.2, 0) is 6.54 Å². The second kappa shape index (κ2) is 6.58. The zero-order valence-electron chi connectivity index (χ0n) is 12.1. The van der Waals surface area contributed by atoms with Crippen LogP contribution in [0.2, 0.25) is 5.02 Å². The van der Waals surface area contributed by atoms with Crippen molar-refractivity contribution >= 4 is 17.3 Å². The van der Waals surface area contributed by atoms with Crippen LogP contribution in [0.1, 0.15) is 25.5 Å². The van der Waals surface area contributed by atoms with Crippen molar-refractivity contribution in [2.45, 2.75) is 26.4 Å². The number of nitrogens with one attached hydrogen (secondary N) is 1. The number of rotatable bonds is 5. The Labute approximate surface area is 127 Å². The van der Waals surface area contributed by atoms with E-state index in [9.17, 15) is 4.79 Å². The van der Waals surface area contributed by atoms with Crippen LogP contribution >= 0.6 is 11.6 Å². The topological polar surface area (TPSA) is 69.0 Å². The van der Waals surface area contributed by atoms with Crippen LogP contribution in [0.5, 0.6) is 5.88 Å². The predicted molar refractivity (Wildman–Crippen MR) is 82.0 cm³/mol. The van der Waals surface area contributed by atoms with Gasteiger partial charge in [-0.05, 0) is 25.5 Å². The average Bonchev–Trinajstić information content (AvgIpc) is 2.48. The van der Waals surface area contributed by atoms with E-state index >= 15 is 0 Å². The summed E-state index contributed by atoms with van der Waals surface area (Å²) in [5.74, 6) is 0.536. The number of hydrogen-bond donors (Lipinski definition) is 1. The summed E-state index contributed by atoms with van der Waals surface area (Å²) < 4.78 is 6.41. The number of hydrogen-bond acceptors (Lipinski definition) is 5. The fraction of sp³-hybridized carbons (Fsp3) is 0.357. The van der Waals surface area contributed by atoms with E-state index in [0.717, 1.165) is 5.56 Å². The molecule has 0 atom stereocenters. The van der Waals surface area contributed by atoms with Gasteiger partial charge in [-0.1, -0.05) is 11.6 Å². The Hall–Kier alpha value is -2.08. The molecule has 0 aliphatic heterocycles. The Bertz CT molecular complexity index is 685. The zero-order chi connectivity index (χ0) is 15.4. The molecule has 0 fully saturated rings. The second-order valence-corrected chi connectivity index (χ2v) is 5.15. The lowest BCUT2D eigenvalue weighted by molar-refractivity contribution is 0.397. The van der Waals surface area contributed by atoms with Gasteiger partial charge in [-0.3, -0.25) is 4.79 Å². The molecule has 6 nitrogen and oxygen atoms in total. The zero-order valence-corrected chi connectivity index (χ0v) is 12.9. The maximum Gasteiger partial charge on any atom is 0.287 e. The summed E-state index contributed by atoms with van der Waals surface area (Å²) in [4.78, 5) is 16.1. The van der Waals surface area contributed by atoms with E-state index in [1.807, 2.05) is 26.0 Å². The standard InChI is InChI=1S/C14H17ClN4O2/c1-9(2)19-14(20)13(15)11(8-18-19)17-7-10-4-5-16-12(6-10)21-3/h4-6,8-9,17H,7H2,1-3H3. The number of methoxy groups -OCH3 is 1. The molecule has 2 aromatic heterocycles. The molecule has 0 amide bonds. The lowest BCUT2D eigenvalue weighted by Gasteiger charge is -2.12. The van der Waals surface area contributed by atoms with Gasteiger partial charge in [0.05, 0.1) is 25.0 Å². The van der Waals surface area contributed by atoms with E-state index in [2.05, 4.69) is 15.4 Å². The molecular weight excluding hydrogens is 292 g/mol. The molecule has 0 aliphatic rings. The summed E-state index contributed by atoms with van der Waals surface area (Å²) in [5.41, 5.74) is 1.17. The molecule has 112 valence electrons.